The Morgan fingerprint density at radius 3 is 2.55 bits per heavy atom. The van der Waals surface area contributed by atoms with Crippen molar-refractivity contribution < 1.29 is 23.8 Å². The van der Waals surface area contributed by atoms with Crippen LogP contribution in [0.25, 0.3) is 10.9 Å². The van der Waals surface area contributed by atoms with Gasteiger partial charge in [0, 0.05) is 22.8 Å². The van der Waals surface area contributed by atoms with Gasteiger partial charge in [0.1, 0.15) is 17.3 Å². The maximum absolute atomic E-state index is 14.1. The minimum absolute atomic E-state index is 0.0858. The lowest BCUT2D eigenvalue weighted by molar-refractivity contribution is 0.0691. The van der Waals surface area contributed by atoms with Crippen LogP contribution in [0.5, 0.6) is 17.2 Å². The van der Waals surface area contributed by atoms with Crippen molar-refractivity contribution >= 4 is 28.2 Å². The van der Waals surface area contributed by atoms with Gasteiger partial charge in [-0.3, -0.25) is 0 Å². The number of anilines is 2. The van der Waals surface area contributed by atoms with Gasteiger partial charge in [0.25, 0.3) is 0 Å². The Morgan fingerprint density at radius 1 is 1.03 bits per heavy atom. The maximum atomic E-state index is 14.1. The SMILES string of the molecule is COc1cc(Nc2ccc(F)c3[nH]c(C(=O)O)cc23)ccc1Oc1ccccc1. The van der Waals surface area contributed by atoms with Crippen LogP contribution in [0.4, 0.5) is 15.8 Å². The second-order valence-electron chi connectivity index (χ2n) is 6.28. The van der Waals surface area contributed by atoms with E-state index in [-0.39, 0.29) is 11.2 Å². The number of hydrogen-bond acceptors (Lipinski definition) is 4. The Hall–Kier alpha value is -4.00. The van der Waals surface area contributed by atoms with Crippen LogP contribution in [0.2, 0.25) is 0 Å². The van der Waals surface area contributed by atoms with Gasteiger partial charge in [-0.25, -0.2) is 9.18 Å². The van der Waals surface area contributed by atoms with E-state index in [4.69, 9.17) is 9.47 Å². The topological polar surface area (TPSA) is 83.6 Å². The van der Waals surface area contributed by atoms with E-state index in [1.807, 2.05) is 30.3 Å². The second-order valence-corrected chi connectivity index (χ2v) is 6.28. The fourth-order valence-electron chi connectivity index (χ4n) is 3.01. The molecule has 7 heteroatoms. The molecule has 1 aromatic heterocycles. The molecule has 4 rings (SSSR count). The zero-order valence-corrected chi connectivity index (χ0v) is 15.4. The van der Waals surface area contributed by atoms with Gasteiger partial charge in [-0.1, -0.05) is 18.2 Å². The van der Waals surface area contributed by atoms with Crippen molar-refractivity contribution in [3.05, 3.63) is 78.2 Å². The third-order valence-electron chi connectivity index (χ3n) is 4.39. The van der Waals surface area contributed by atoms with Gasteiger partial charge in [0.05, 0.1) is 12.6 Å². The molecule has 4 aromatic rings. The monoisotopic (exact) mass is 392 g/mol. The van der Waals surface area contributed by atoms with Gasteiger partial charge < -0.3 is 24.9 Å². The Labute approximate surface area is 165 Å². The van der Waals surface area contributed by atoms with Crippen LogP contribution in [0, 0.1) is 5.82 Å². The normalized spacial score (nSPS) is 10.7. The summed E-state index contributed by atoms with van der Waals surface area (Å²) in [5.41, 5.74) is 1.28. The van der Waals surface area contributed by atoms with Crippen LogP contribution in [-0.4, -0.2) is 23.2 Å². The molecule has 0 saturated carbocycles. The molecule has 3 aromatic carbocycles. The molecule has 29 heavy (non-hydrogen) atoms. The zero-order valence-electron chi connectivity index (χ0n) is 15.4. The number of rotatable bonds is 6. The molecule has 0 atom stereocenters. The minimum atomic E-state index is -1.16. The van der Waals surface area contributed by atoms with Gasteiger partial charge >= 0.3 is 5.97 Å². The highest BCUT2D eigenvalue weighted by atomic mass is 19.1. The molecule has 0 radical (unpaired) electrons. The highest BCUT2D eigenvalue weighted by Crippen LogP contribution is 2.36. The summed E-state index contributed by atoms with van der Waals surface area (Å²) in [4.78, 5) is 13.8. The first-order valence-corrected chi connectivity index (χ1v) is 8.77. The smallest absolute Gasteiger partial charge is 0.352 e. The fraction of sp³-hybridized carbons (Fsp3) is 0.0455. The van der Waals surface area contributed by atoms with Gasteiger partial charge in [-0.05, 0) is 42.5 Å². The van der Waals surface area contributed by atoms with Crippen LogP contribution in [0.15, 0.2) is 66.7 Å². The summed E-state index contributed by atoms with van der Waals surface area (Å²) in [6.45, 7) is 0. The number of nitrogens with one attached hydrogen (secondary N) is 2. The van der Waals surface area contributed by atoms with Crippen molar-refractivity contribution in [3.63, 3.8) is 0 Å². The molecular formula is C22H17FN2O4. The summed E-state index contributed by atoms with van der Waals surface area (Å²) in [7, 11) is 1.54. The number of benzene rings is 3. The number of halogens is 1. The van der Waals surface area contributed by atoms with Crippen LogP contribution in [-0.2, 0) is 0 Å². The first-order valence-electron chi connectivity index (χ1n) is 8.77. The standard InChI is InChI=1S/C22H17FN2O4/c1-28-20-11-13(7-10-19(20)29-14-5-3-2-4-6-14)24-17-9-8-16(23)21-15(17)12-18(25-21)22(26)27/h2-12,24-25H,1H3,(H,26,27). The van der Waals surface area contributed by atoms with Crippen molar-refractivity contribution in [2.24, 2.45) is 0 Å². The van der Waals surface area contributed by atoms with Gasteiger partial charge in [0.15, 0.2) is 11.5 Å². The number of carboxylic acids is 1. The van der Waals surface area contributed by atoms with Crippen LogP contribution in [0.3, 0.4) is 0 Å². The van der Waals surface area contributed by atoms with Crippen molar-refractivity contribution in [3.8, 4) is 17.2 Å². The third kappa shape index (κ3) is 3.70. The Bertz CT molecular complexity index is 1190. The van der Waals surface area contributed by atoms with E-state index >= 15 is 0 Å². The van der Waals surface area contributed by atoms with Gasteiger partial charge in [-0.15, -0.1) is 0 Å². The Kier molecular flexibility index (Phi) is 4.78. The molecule has 0 spiro atoms. The van der Waals surface area contributed by atoms with Crippen molar-refractivity contribution in [1.82, 2.24) is 4.98 Å². The number of fused-ring (bicyclic) bond motifs is 1. The molecule has 146 valence electrons. The highest BCUT2D eigenvalue weighted by molar-refractivity contribution is 6.00. The molecule has 0 unspecified atom stereocenters. The summed E-state index contributed by atoms with van der Waals surface area (Å²) >= 11 is 0. The quantitative estimate of drug-likeness (QED) is 0.401. The lowest BCUT2D eigenvalue weighted by atomic mass is 10.2. The molecular weight excluding hydrogens is 375 g/mol. The van der Waals surface area contributed by atoms with Crippen LogP contribution in [0.1, 0.15) is 10.5 Å². The number of hydrogen-bond donors (Lipinski definition) is 3. The third-order valence-corrected chi connectivity index (χ3v) is 4.39. The first kappa shape index (κ1) is 18.4. The van der Waals surface area contributed by atoms with E-state index in [0.717, 1.165) is 0 Å². The van der Waals surface area contributed by atoms with E-state index in [2.05, 4.69) is 10.3 Å². The molecule has 0 aliphatic rings. The molecule has 3 N–H and O–H groups in total. The molecule has 0 aliphatic carbocycles. The average molecular weight is 392 g/mol. The molecule has 0 bridgehead atoms. The predicted octanol–water partition coefficient (Wildman–Crippen LogP) is 5.55. The fourth-order valence-corrected chi connectivity index (χ4v) is 3.01. The van der Waals surface area contributed by atoms with E-state index in [9.17, 15) is 14.3 Å². The summed E-state index contributed by atoms with van der Waals surface area (Å²) in [6.07, 6.45) is 0. The number of aromatic nitrogens is 1. The number of para-hydroxylation sites is 1. The number of aromatic carboxylic acids is 1. The summed E-state index contributed by atoms with van der Waals surface area (Å²) in [5, 5.41) is 12.8. The van der Waals surface area contributed by atoms with Crippen molar-refractivity contribution in [2.75, 3.05) is 12.4 Å². The lowest BCUT2D eigenvalue weighted by Crippen LogP contribution is -1.95. The van der Waals surface area contributed by atoms with E-state index in [0.29, 0.717) is 34.0 Å². The number of H-pyrrole nitrogens is 1. The van der Waals surface area contributed by atoms with Gasteiger partial charge in [-0.2, -0.15) is 0 Å². The number of carboxylic acid groups (broad SMARTS) is 1. The molecule has 0 aliphatic heterocycles. The molecule has 0 amide bonds. The number of ether oxygens (including phenoxy) is 2. The number of aromatic amines is 1. The predicted molar refractivity (Wildman–Crippen MR) is 108 cm³/mol. The molecule has 0 fully saturated rings. The second kappa shape index (κ2) is 7.55. The first-order chi connectivity index (χ1) is 14.0. The molecule has 0 saturated heterocycles. The summed E-state index contributed by atoms with van der Waals surface area (Å²) in [5.74, 6) is 0.0546. The molecule has 1 heterocycles. The van der Waals surface area contributed by atoms with Crippen LogP contribution < -0.4 is 14.8 Å². The summed E-state index contributed by atoms with van der Waals surface area (Å²) < 4.78 is 25.3. The van der Waals surface area contributed by atoms with Crippen LogP contribution >= 0.6 is 0 Å². The van der Waals surface area contributed by atoms with E-state index in [1.165, 1.54) is 12.1 Å². The van der Waals surface area contributed by atoms with E-state index < -0.39 is 11.8 Å². The highest BCUT2D eigenvalue weighted by Gasteiger charge is 2.14. The molecule has 6 nitrogen and oxygen atoms in total. The largest absolute Gasteiger partial charge is 0.493 e. The zero-order chi connectivity index (χ0) is 20.4. The van der Waals surface area contributed by atoms with Crippen molar-refractivity contribution in [1.29, 1.82) is 0 Å². The average Bonchev–Trinajstić information content (AvgIpc) is 3.19. The maximum Gasteiger partial charge on any atom is 0.352 e. The Balaban J connectivity index is 1.66. The van der Waals surface area contributed by atoms with Crippen molar-refractivity contribution in [2.45, 2.75) is 0 Å². The Morgan fingerprint density at radius 2 is 1.83 bits per heavy atom. The number of methoxy groups -OCH3 is 1. The summed E-state index contributed by atoms with van der Waals surface area (Å²) in [6, 6.07) is 18.9. The van der Waals surface area contributed by atoms with Gasteiger partial charge in [0.2, 0.25) is 0 Å². The number of carbonyl (C=O) groups is 1. The minimum Gasteiger partial charge on any atom is -0.493 e. The lowest BCUT2D eigenvalue weighted by Gasteiger charge is -2.13. The van der Waals surface area contributed by atoms with E-state index in [1.54, 1.807) is 31.4 Å².